The van der Waals surface area contributed by atoms with E-state index in [0.717, 1.165) is 11.3 Å². The molecule has 6 heteroatoms. The number of halogens is 1. The highest BCUT2D eigenvalue weighted by Crippen LogP contribution is 2.15. The summed E-state index contributed by atoms with van der Waals surface area (Å²) in [5.41, 5.74) is 2.45. The Labute approximate surface area is 146 Å². The minimum absolute atomic E-state index is 0.0998. The van der Waals surface area contributed by atoms with Crippen LogP contribution in [0.2, 0.25) is 0 Å². The van der Waals surface area contributed by atoms with E-state index in [1.165, 1.54) is 12.1 Å². The first-order valence-electron chi connectivity index (χ1n) is 8.02. The smallest absolute Gasteiger partial charge is 0.243 e. The highest BCUT2D eigenvalue weighted by Gasteiger charge is 2.07. The molecule has 0 heterocycles. The molecule has 5 nitrogen and oxygen atoms in total. The van der Waals surface area contributed by atoms with Crippen LogP contribution < -0.4 is 15.5 Å². The molecule has 0 spiro atoms. The topological polar surface area (TPSA) is 61.4 Å². The average Bonchev–Trinajstić information content (AvgIpc) is 2.58. The lowest BCUT2D eigenvalue weighted by atomic mass is 10.1. The molecule has 0 saturated heterocycles. The van der Waals surface area contributed by atoms with E-state index < -0.39 is 0 Å². The van der Waals surface area contributed by atoms with Crippen LogP contribution in [0, 0.1) is 5.82 Å². The third-order valence-corrected chi connectivity index (χ3v) is 3.64. The van der Waals surface area contributed by atoms with Crippen molar-refractivity contribution in [2.45, 2.75) is 12.8 Å². The average molecular weight is 343 g/mol. The van der Waals surface area contributed by atoms with Gasteiger partial charge in [0.15, 0.2) is 0 Å². The van der Waals surface area contributed by atoms with Crippen molar-refractivity contribution < 1.29 is 14.0 Å². The fraction of sp³-hybridized carbons (Fsp3) is 0.263. The summed E-state index contributed by atoms with van der Waals surface area (Å²) >= 11 is 0. The molecule has 0 saturated carbocycles. The van der Waals surface area contributed by atoms with Gasteiger partial charge < -0.3 is 15.5 Å². The van der Waals surface area contributed by atoms with E-state index in [1.54, 1.807) is 24.3 Å². The van der Waals surface area contributed by atoms with Gasteiger partial charge in [0.25, 0.3) is 0 Å². The molecular weight excluding hydrogens is 321 g/mol. The van der Waals surface area contributed by atoms with E-state index in [9.17, 15) is 14.0 Å². The maximum atomic E-state index is 13.1. The van der Waals surface area contributed by atoms with E-state index in [1.807, 2.05) is 31.1 Å². The van der Waals surface area contributed by atoms with Crippen molar-refractivity contribution in [3.05, 3.63) is 59.9 Å². The molecule has 132 valence electrons. The Morgan fingerprint density at radius 1 is 1.04 bits per heavy atom. The molecule has 25 heavy (non-hydrogen) atoms. The van der Waals surface area contributed by atoms with E-state index in [0.29, 0.717) is 12.1 Å². The van der Waals surface area contributed by atoms with Gasteiger partial charge in [0.05, 0.1) is 6.54 Å². The monoisotopic (exact) mass is 343 g/mol. The van der Waals surface area contributed by atoms with Crippen molar-refractivity contribution >= 4 is 23.2 Å². The zero-order valence-corrected chi connectivity index (χ0v) is 14.4. The molecule has 0 aliphatic rings. The Kier molecular flexibility index (Phi) is 6.51. The highest BCUT2D eigenvalue weighted by atomic mass is 19.1. The van der Waals surface area contributed by atoms with Crippen LogP contribution in [0.25, 0.3) is 0 Å². The third-order valence-electron chi connectivity index (χ3n) is 3.64. The highest BCUT2D eigenvalue weighted by molar-refractivity contribution is 5.94. The van der Waals surface area contributed by atoms with Gasteiger partial charge in [0, 0.05) is 31.9 Å². The molecule has 0 atom stereocenters. The number of carbonyl (C=O) groups excluding carboxylic acids is 2. The van der Waals surface area contributed by atoms with E-state index >= 15 is 0 Å². The number of carbonyl (C=O) groups is 2. The molecule has 2 aromatic rings. The number of rotatable bonds is 7. The van der Waals surface area contributed by atoms with Gasteiger partial charge in [-0.3, -0.25) is 9.59 Å². The van der Waals surface area contributed by atoms with Gasteiger partial charge in [-0.25, -0.2) is 4.39 Å². The summed E-state index contributed by atoms with van der Waals surface area (Å²) in [6.07, 6.45) is 0.630. The lowest BCUT2D eigenvalue weighted by molar-refractivity contribution is -0.124. The second-order valence-corrected chi connectivity index (χ2v) is 5.90. The fourth-order valence-electron chi connectivity index (χ4n) is 2.27. The Bertz CT molecular complexity index is 730. The van der Waals surface area contributed by atoms with Crippen LogP contribution in [0.15, 0.2) is 48.5 Å². The Morgan fingerprint density at radius 2 is 1.76 bits per heavy atom. The minimum atomic E-state index is -0.322. The minimum Gasteiger partial charge on any atom is -0.378 e. The van der Waals surface area contributed by atoms with Crippen molar-refractivity contribution in [2.75, 3.05) is 30.9 Å². The molecule has 0 aromatic heterocycles. The molecule has 2 N–H and O–H groups in total. The molecule has 0 unspecified atom stereocenters. The van der Waals surface area contributed by atoms with Crippen LogP contribution in [-0.2, 0) is 16.0 Å². The van der Waals surface area contributed by atoms with Gasteiger partial charge in [-0.15, -0.1) is 0 Å². The molecule has 0 aliphatic heterocycles. The standard InChI is InChI=1S/C19H22FN3O2/c1-23(2)17-9-7-16(8-10-17)22-19(25)13-21-18(24)11-6-14-4-3-5-15(20)12-14/h3-5,7-10,12H,6,11,13H2,1-2H3,(H,21,24)(H,22,25). The lowest BCUT2D eigenvalue weighted by Crippen LogP contribution is -2.32. The molecule has 2 aromatic carbocycles. The largest absolute Gasteiger partial charge is 0.378 e. The quantitative estimate of drug-likeness (QED) is 0.812. The van der Waals surface area contributed by atoms with Crippen molar-refractivity contribution in [1.29, 1.82) is 0 Å². The molecule has 2 amide bonds. The van der Waals surface area contributed by atoms with Crippen molar-refractivity contribution in [3.63, 3.8) is 0 Å². The number of anilines is 2. The van der Waals surface area contributed by atoms with E-state index in [-0.39, 0.29) is 30.6 Å². The number of amides is 2. The summed E-state index contributed by atoms with van der Waals surface area (Å²) in [6.45, 7) is -0.0998. The van der Waals surface area contributed by atoms with Gasteiger partial charge in [-0.2, -0.15) is 0 Å². The third kappa shape index (κ3) is 6.25. The Morgan fingerprint density at radius 3 is 2.40 bits per heavy atom. The lowest BCUT2D eigenvalue weighted by Gasteiger charge is -2.13. The maximum Gasteiger partial charge on any atom is 0.243 e. The van der Waals surface area contributed by atoms with Crippen LogP contribution in [0.1, 0.15) is 12.0 Å². The number of hydrogen-bond donors (Lipinski definition) is 2. The molecule has 0 fully saturated rings. The van der Waals surface area contributed by atoms with Crippen LogP contribution in [-0.4, -0.2) is 32.5 Å². The Balaban J connectivity index is 1.72. The van der Waals surface area contributed by atoms with Gasteiger partial charge in [-0.1, -0.05) is 12.1 Å². The van der Waals surface area contributed by atoms with Gasteiger partial charge in [0.1, 0.15) is 5.82 Å². The first kappa shape index (κ1) is 18.4. The second-order valence-electron chi connectivity index (χ2n) is 5.90. The summed E-state index contributed by atoms with van der Waals surface area (Å²) in [6, 6.07) is 13.5. The van der Waals surface area contributed by atoms with Crippen LogP contribution in [0.3, 0.4) is 0 Å². The number of hydrogen-bond acceptors (Lipinski definition) is 3. The van der Waals surface area contributed by atoms with E-state index in [2.05, 4.69) is 10.6 Å². The second kappa shape index (κ2) is 8.82. The number of nitrogens with zero attached hydrogens (tertiary/aromatic N) is 1. The summed E-state index contributed by atoms with van der Waals surface area (Å²) in [5.74, 6) is -0.864. The molecule has 0 bridgehead atoms. The summed E-state index contributed by atoms with van der Waals surface area (Å²) in [7, 11) is 3.87. The molecule has 0 aliphatic carbocycles. The van der Waals surface area contributed by atoms with Crippen molar-refractivity contribution in [1.82, 2.24) is 5.32 Å². The zero-order chi connectivity index (χ0) is 18.2. The Hall–Kier alpha value is -2.89. The normalized spacial score (nSPS) is 10.2. The first-order valence-corrected chi connectivity index (χ1v) is 8.02. The fourth-order valence-corrected chi connectivity index (χ4v) is 2.27. The first-order chi connectivity index (χ1) is 11.9. The summed E-state index contributed by atoms with van der Waals surface area (Å²) < 4.78 is 13.1. The summed E-state index contributed by atoms with van der Waals surface area (Å²) in [4.78, 5) is 25.6. The summed E-state index contributed by atoms with van der Waals surface area (Å²) in [5, 5.41) is 5.29. The number of nitrogens with one attached hydrogen (secondary N) is 2. The predicted molar refractivity (Wildman–Crippen MR) is 97.1 cm³/mol. The zero-order valence-electron chi connectivity index (χ0n) is 14.4. The van der Waals surface area contributed by atoms with Crippen molar-refractivity contribution in [2.24, 2.45) is 0 Å². The molecular formula is C19H22FN3O2. The SMILES string of the molecule is CN(C)c1ccc(NC(=O)CNC(=O)CCc2cccc(F)c2)cc1. The van der Waals surface area contributed by atoms with Crippen LogP contribution >= 0.6 is 0 Å². The van der Waals surface area contributed by atoms with Gasteiger partial charge in [-0.05, 0) is 48.4 Å². The van der Waals surface area contributed by atoms with Gasteiger partial charge >= 0.3 is 0 Å². The van der Waals surface area contributed by atoms with Gasteiger partial charge in [0.2, 0.25) is 11.8 Å². The number of aryl methyl sites for hydroxylation is 1. The molecule has 2 rings (SSSR count). The van der Waals surface area contributed by atoms with E-state index in [4.69, 9.17) is 0 Å². The maximum absolute atomic E-state index is 13.1. The molecule has 0 radical (unpaired) electrons. The van der Waals surface area contributed by atoms with Crippen LogP contribution in [0.5, 0.6) is 0 Å². The van der Waals surface area contributed by atoms with Crippen molar-refractivity contribution in [3.8, 4) is 0 Å². The van der Waals surface area contributed by atoms with Crippen LogP contribution in [0.4, 0.5) is 15.8 Å². The number of benzene rings is 2. The predicted octanol–water partition coefficient (Wildman–Crippen LogP) is 2.58.